The largest absolute Gasteiger partial charge is 0.377 e. The van der Waals surface area contributed by atoms with Crippen molar-refractivity contribution >= 4 is 0 Å². The summed E-state index contributed by atoms with van der Waals surface area (Å²) in [6, 6.07) is 0.438. The van der Waals surface area contributed by atoms with Crippen LogP contribution in [0.3, 0.4) is 0 Å². The first-order valence-electron chi connectivity index (χ1n) is 7.87. The molecule has 0 radical (unpaired) electrons. The van der Waals surface area contributed by atoms with E-state index in [2.05, 4.69) is 32.2 Å². The molecule has 0 amide bonds. The number of rotatable bonds is 8. The minimum Gasteiger partial charge on any atom is -0.377 e. The fourth-order valence-electron chi connectivity index (χ4n) is 2.79. The van der Waals surface area contributed by atoms with Crippen LogP contribution in [0.2, 0.25) is 0 Å². The summed E-state index contributed by atoms with van der Waals surface area (Å²) in [6.07, 6.45) is 11.7. The summed E-state index contributed by atoms with van der Waals surface area (Å²) in [7, 11) is 0. The van der Waals surface area contributed by atoms with Crippen molar-refractivity contribution in [2.45, 2.75) is 77.9 Å². The van der Waals surface area contributed by atoms with Crippen molar-refractivity contribution in [3.8, 4) is 0 Å². The van der Waals surface area contributed by atoms with Crippen LogP contribution < -0.4 is 5.32 Å². The fraction of sp³-hybridized carbons (Fsp3) is 0.875. The highest BCUT2D eigenvalue weighted by molar-refractivity contribution is 5.14. The van der Waals surface area contributed by atoms with Crippen LogP contribution in [-0.4, -0.2) is 25.3 Å². The Hall–Kier alpha value is -0.340. The van der Waals surface area contributed by atoms with Crippen LogP contribution in [0.4, 0.5) is 0 Å². The lowest BCUT2D eigenvalue weighted by molar-refractivity contribution is 0.0399. The molecule has 0 fully saturated rings. The van der Waals surface area contributed by atoms with E-state index in [4.69, 9.17) is 4.74 Å². The third-order valence-electron chi connectivity index (χ3n) is 3.74. The lowest BCUT2D eigenvalue weighted by atomic mass is 9.95. The van der Waals surface area contributed by atoms with Crippen LogP contribution in [-0.2, 0) is 4.74 Å². The first kappa shape index (κ1) is 15.7. The van der Waals surface area contributed by atoms with Crippen molar-refractivity contribution < 1.29 is 4.74 Å². The molecule has 1 aliphatic carbocycles. The van der Waals surface area contributed by atoms with E-state index in [9.17, 15) is 0 Å². The molecule has 0 spiro atoms. The van der Waals surface area contributed by atoms with Gasteiger partial charge in [-0.05, 0) is 52.0 Å². The average Bonchev–Trinajstić information content (AvgIpc) is 2.67. The molecule has 0 bridgehead atoms. The van der Waals surface area contributed by atoms with E-state index in [1.54, 1.807) is 5.57 Å². The molecule has 2 unspecified atom stereocenters. The highest BCUT2D eigenvalue weighted by Gasteiger charge is 2.23. The van der Waals surface area contributed by atoms with Gasteiger partial charge in [-0.3, -0.25) is 0 Å². The number of allylic oxidation sites excluding steroid dienone is 1. The van der Waals surface area contributed by atoms with Gasteiger partial charge in [0.1, 0.15) is 0 Å². The van der Waals surface area contributed by atoms with Gasteiger partial charge in [-0.2, -0.15) is 0 Å². The van der Waals surface area contributed by atoms with E-state index in [0.717, 1.165) is 19.6 Å². The summed E-state index contributed by atoms with van der Waals surface area (Å²) in [6.45, 7) is 8.47. The number of nitrogens with one attached hydrogen (secondary N) is 1. The number of hydrogen-bond donors (Lipinski definition) is 1. The highest BCUT2D eigenvalue weighted by atomic mass is 16.5. The van der Waals surface area contributed by atoms with Crippen molar-refractivity contribution in [1.82, 2.24) is 5.32 Å². The normalized spacial score (nSPS) is 20.1. The molecule has 1 rings (SSSR count). The predicted octanol–water partition coefficient (Wildman–Crippen LogP) is 4.06. The molecule has 1 N–H and O–H groups in total. The van der Waals surface area contributed by atoms with Crippen molar-refractivity contribution in [2.75, 3.05) is 13.2 Å². The summed E-state index contributed by atoms with van der Waals surface area (Å²) in [5, 5.41) is 3.71. The van der Waals surface area contributed by atoms with Crippen LogP contribution in [0.25, 0.3) is 0 Å². The molecule has 106 valence electrons. The maximum atomic E-state index is 5.94. The highest BCUT2D eigenvalue weighted by Crippen LogP contribution is 2.23. The van der Waals surface area contributed by atoms with Crippen molar-refractivity contribution in [3.05, 3.63) is 11.6 Å². The molecule has 2 heteroatoms. The Morgan fingerprint density at radius 3 is 2.72 bits per heavy atom. The van der Waals surface area contributed by atoms with Gasteiger partial charge < -0.3 is 10.1 Å². The third-order valence-corrected chi connectivity index (χ3v) is 3.74. The monoisotopic (exact) mass is 253 g/mol. The molecule has 1 aliphatic rings. The summed E-state index contributed by atoms with van der Waals surface area (Å²) in [4.78, 5) is 0. The van der Waals surface area contributed by atoms with E-state index in [1.807, 2.05) is 0 Å². The van der Waals surface area contributed by atoms with E-state index in [-0.39, 0.29) is 0 Å². The van der Waals surface area contributed by atoms with E-state index < -0.39 is 0 Å². The molecule has 0 saturated carbocycles. The van der Waals surface area contributed by atoms with Gasteiger partial charge in [-0.15, -0.1) is 0 Å². The molecule has 2 nitrogen and oxygen atoms in total. The lowest BCUT2D eigenvalue weighted by Crippen LogP contribution is -2.43. The third kappa shape index (κ3) is 5.11. The van der Waals surface area contributed by atoms with Gasteiger partial charge in [0.05, 0.1) is 12.1 Å². The SMILES string of the molecule is CCCNC(C1=CCCCCC1)C(CC)OCC. The topological polar surface area (TPSA) is 21.3 Å². The second kappa shape index (κ2) is 9.57. The van der Waals surface area contributed by atoms with Gasteiger partial charge in [-0.25, -0.2) is 0 Å². The first-order chi connectivity index (χ1) is 8.83. The maximum absolute atomic E-state index is 5.94. The first-order valence-corrected chi connectivity index (χ1v) is 7.87. The lowest BCUT2D eigenvalue weighted by Gasteiger charge is -2.29. The zero-order chi connectivity index (χ0) is 13.2. The van der Waals surface area contributed by atoms with Crippen molar-refractivity contribution in [1.29, 1.82) is 0 Å². The standard InChI is InChI=1S/C16H31NO/c1-4-13-17-16(15(5-2)18-6-3)14-11-9-7-8-10-12-14/h11,15-17H,4-10,12-13H2,1-3H3. The molecule has 0 aromatic rings. The molecule has 0 saturated heterocycles. The van der Waals surface area contributed by atoms with Crippen LogP contribution >= 0.6 is 0 Å². The van der Waals surface area contributed by atoms with Gasteiger partial charge >= 0.3 is 0 Å². The van der Waals surface area contributed by atoms with Crippen LogP contribution in [0.15, 0.2) is 11.6 Å². The summed E-state index contributed by atoms with van der Waals surface area (Å²) >= 11 is 0. The van der Waals surface area contributed by atoms with Gasteiger partial charge in [0.25, 0.3) is 0 Å². The Labute approximate surface area is 113 Å². The average molecular weight is 253 g/mol. The van der Waals surface area contributed by atoms with Crippen LogP contribution in [0.5, 0.6) is 0 Å². The quantitative estimate of drug-likeness (QED) is 0.659. The predicted molar refractivity (Wildman–Crippen MR) is 79.0 cm³/mol. The van der Waals surface area contributed by atoms with E-state index in [0.29, 0.717) is 12.1 Å². The fourth-order valence-corrected chi connectivity index (χ4v) is 2.79. The van der Waals surface area contributed by atoms with Gasteiger partial charge in [-0.1, -0.05) is 31.9 Å². The molecular weight excluding hydrogens is 222 g/mol. The maximum Gasteiger partial charge on any atom is 0.0763 e. The number of hydrogen-bond acceptors (Lipinski definition) is 2. The van der Waals surface area contributed by atoms with E-state index >= 15 is 0 Å². The Balaban J connectivity index is 2.70. The second-order valence-corrected chi connectivity index (χ2v) is 5.21. The summed E-state index contributed by atoms with van der Waals surface area (Å²) in [5.74, 6) is 0. The van der Waals surface area contributed by atoms with Crippen molar-refractivity contribution in [2.24, 2.45) is 0 Å². The molecule has 18 heavy (non-hydrogen) atoms. The second-order valence-electron chi connectivity index (χ2n) is 5.21. The number of ether oxygens (including phenoxy) is 1. The Kier molecular flexibility index (Phi) is 8.36. The molecule has 2 atom stereocenters. The molecule has 0 aliphatic heterocycles. The van der Waals surface area contributed by atoms with Crippen molar-refractivity contribution in [3.63, 3.8) is 0 Å². The zero-order valence-corrected chi connectivity index (χ0v) is 12.5. The Bertz CT molecular complexity index is 237. The zero-order valence-electron chi connectivity index (χ0n) is 12.5. The smallest absolute Gasteiger partial charge is 0.0763 e. The minimum atomic E-state index is 0.339. The van der Waals surface area contributed by atoms with Gasteiger partial charge in [0, 0.05) is 6.61 Å². The molecule has 0 aromatic carbocycles. The molecular formula is C16H31NO. The molecule has 0 heterocycles. The van der Waals surface area contributed by atoms with Crippen LogP contribution in [0, 0.1) is 0 Å². The van der Waals surface area contributed by atoms with Gasteiger partial charge in [0.2, 0.25) is 0 Å². The Morgan fingerprint density at radius 2 is 2.06 bits per heavy atom. The summed E-state index contributed by atoms with van der Waals surface area (Å²) < 4.78 is 5.94. The van der Waals surface area contributed by atoms with Gasteiger partial charge in [0.15, 0.2) is 0 Å². The van der Waals surface area contributed by atoms with Crippen LogP contribution in [0.1, 0.15) is 65.7 Å². The molecule has 0 aromatic heterocycles. The minimum absolute atomic E-state index is 0.339. The van der Waals surface area contributed by atoms with E-state index in [1.165, 1.54) is 38.5 Å². The Morgan fingerprint density at radius 1 is 1.22 bits per heavy atom. The summed E-state index contributed by atoms with van der Waals surface area (Å²) in [5.41, 5.74) is 1.60.